The fraction of sp³-hybridized carbons (Fsp3) is 0.600. The standard InChI is InChI=1S/C15H23NO3/c1-10-7-11(18-3)8-14(19-4)15(10)12-5-6-16(2)9-13(12)17/h7-8,12-13,17H,5-6,9H2,1-4H3/t12-,13+/m0/s1. The second kappa shape index (κ2) is 5.80. The number of β-amino-alcohol motifs (C(OH)–C–C–N with tert-alkyl or cyclic N) is 1. The molecule has 4 heteroatoms. The molecule has 0 aliphatic carbocycles. The molecule has 106 valence electrons. The van der Waals surface area contributed by atoms with Crippen LogP contribution in [-0.2, 0) is 0 Å². The first kappa shape index (κ1) is 14.2. The number of methoxy groups -OCH3 is 2. The maximum Gasteiger partial charge on any atom is 0.126 e. The normalized spacial score (nSPS) is 24.3. The molecule has 1 fully saturated rings. The van der Waals surface area contributed by atoms with E-state index in [1.807, 2.05) is 26.1 Å². The monoisotopic (exact) mass is 265 g/mol. The van der Waals surface area contributed by atoms with E-state index in [-0.39, 0.29) is 12.0 Å². The first-order valence-electron chi connectivity index (χ1n) is 6.66. The summed E-state index contributed by atoms with van der Waals surface area (Å²) in [6, 6.07) is 3.90. The summed E-state index contributed by atoms with van der Waals surface area (Å²) in [6.07, 6.45) is 0.598. The van der Waals surface area contributed by atoms with E-state index >= 15 is 0 Å². The second-order valence-corrected chi connectivity index (χ2v) is 5.28. The van der Waals surface area contributed by atoms with Crippen molar-refractivity contribution in [3.05, 3.63) is 23.3 Å². The van der Waals surface area contributed by atoms with Crippen LogP contribution in [0.4, 0.5) is 0 Å². The molecule has 19 heavy (non-hydrogen) atoms. The van der Waals surface area contributed by atoms with Crippen molar-refractivity contribution >= 4 is 0 Å². The highest BCUT2D eigenvalue weighted by Crippen LogP contribution is 2.38. The average Bonchev–Trinajstić information content (AvgIpc) is 2.39. The van der Waals surface area contributed by atoms with E-state index in [9.17, 15) is 5.11 Å². The highest BCUT2D eigenvalue weighted by atomic mass is 16.5. The largest absolute Gasteiger partial charge is 0.497 e. The zero-order chi connectivity index (χ0) is 14.0. The number of hydrogen-bond donors (Lipinski definition) is 1. The minimum atomic E-state index is -0.347. The molecule has 1 heterocycles. The highest BCUT2D eigenvalue weighted by molar-refractivity contribution is 5.48. The van der Waals surface area contributed by atoms with Crippen molar-refractivity contribution < 1.29 is 14.6 Å². The van der Waals surface area contributed by atoms with Crippen molar-refractivity contribution in [2.75, 3.05) is 34.4 Å². The van der Waals surface area contributed by atoms with Gasteiger partial charge in [-0.3, -0.25) is 0 Å². The Kier molecular flexibility index (Phi) is 4.32. The van der Waals surface area contributed by atoms with Crippen molar-refractivity contribution in [3.8, 4) is 11.5 Å². The Morgan fingerprint density at radius 3 is 2.58 bits per heavy atom. The molecule has 0 bridgehead atoms. The second-order valence-electron chi connectivity index (χ2n) is 5.28. The van der Waals surface area contributed by atoms with Gasteiger partial charge >= 0.3 is 0 Å². The molecule has 1 aliphatic heterocycles. The summed E-state index contributed by atoms with van der Waals surface area (Å²) in [5.74, 6) is 1.74. The Morgan fingerprint density at radius 2 is 2.00 bits per heavy atom. The van der Waals surface area contributed by atoms with Gasteiger partial charge in [-0.15, -0.1) is 0 Å². The van der Waals surface area contributed by atoms with E-state index in [2.05, 4.69) is 4.90 Å². The molecule has 1 N–H and O–H groups in total. The van der Waals surface area contributed by atoms with Crippen LogP contribution in [0.25, 0.3) is 0 Å². The minimum absolute atomic E-state index is 0.136. The number of nitrogens with zero attached hydrogens (tertiary/aromatic N) is 1. The number of rotatable bonds is 3. The van der Waals surface area contributed by atoms with Crippen molar-refractivity contribution in [3.63, 3.8) is 0 Å². The number of aliphatic hydroxyl groups excluding tert-OH is 1. The third kappa shape index (κ3) is 2.85. The maximum absolute atomic E-state index is 10.3. The van der Waals surface area contributed by atoms with Gasteiger partial charge < -0.3 is 19.5 Å². The van der Waals surface area contributed by atoms with Gasteiger partial charge in [0.25, 0.3) is 0 Å². The third-order valence-corrected chi connectivity index (χ3v) is 3.93. The zero-order valence-electron chi connectivity index (χ0n) is 12.1. The molecular weight excluding hydrogens is 242 g/mol. The molecule has 1 aliphatic rings. The molecule has 0 radical (unpaired) electrons. The van der Waals surface area contributed by atoms with Gasteiger partial charge in [0.2, 0.25) is 0 Å². The summed E-state index contributed by atoms with van der Waals surface area (Å²) >= 11 is 0. The van der Waals surface area contributed by atoms with E-state index in [4.69, 9.17) is 9.47 Å². The quantitative estimate of drug-likeness (QED) is 0.905. The molecular formula is C15H23NO3. The van der Waals surface area contributed by atoms with Gasteiger partial charge in [0.05, 0.1) is 20.3 Å². The number of aliphatic hydroxyl groups is 1. The number of benzene rings is 1. The van der Waals surface area contributed by atoms with Crippen LogP contribution in [0, 0.1) is 6.92 Å². The van der Waals surface area contributed by atoms with Crippen molar-refractivity contribution in [2.45, 2.75) is 25.4 Å². The molecule has 0 aromatic heterocycles. The van der Waals surface area contributed by atoms with Crippen LogP contribution in [0.3, 0.4) is 0 Å². The van der Waals surface area contributed by atoms with Gasteiger partial charge in [0, 0.05) is 24.1 Å². The van der Waals surface area contributed by atoms with Crippen molar-refractivity contribution in [1.82, 2.24) is 4.90 Å². The van der Waals surface area contributed by atoms with E-state index in [1.54, 1.807) is 14.2 Å². The molecule has 0 unspecified atom stereocenters. The van der Waals surface area contributed by atoms with Gasteiger partial charge in [0.1, 0.15) is 11.5 Å². The van der Waals surface area contributed by atoms with Crippen LogP contribution < -0.4 is 9.47 Å². The lowest BCUT2D eigenvalue weighted by atomic mass is 9.84. The summed E-state index contributed by atoms with van der Waals surface area (Å²) in [5, 5.41) is 10.3. The first-order valence-corrected chi connectivity index (χ1v) is 6.66. The summed E-state index contributed by atoms with van der Waals surface area (Å²) in [6.45, 7) is 3.75. The number of aryl methyl sites for hydroxylation is 1. The molecule has 1 aromatic rings. The highest BCUT2D eigenvalue weighted by Gasteiger charge is 2.30. The van der Waals surface area contributed by atoms with Gasteiger partial charge in [-0.05, 0) is 38.6 Å². The molecule has 0 amide bonds. The molecule has 4 nitrogen and oxygen atoms in total. The van der Waals surface area contributed by atoms with Crippen molar-refractivity contribution in [2.24, 2.45) is 0 Å². The Morgan fingerprint density at radius 1 is 1.26 bits per heavy atom. The third-order valence-electron chi connectivity index (χ3n) is 3.93. The SMILES string of the molecule is COc1cc(C)c([C@H]2CCN(C)C[C@H]2O)c(OC)c1. The fourth-order valence-corrected chi connectivity index (χ4v) is 2.92. The predicted octanol–water partition coefficient (Wildman–Crippen LogP) is 1.79. The van der Waals surface area contributed by atoms with Crippen LogP contribution in [0.1, 0.15) is 23.5 Å². The Bertz CT molecular complexity index is 447. The lowest BCUT2D eigenvalue weighted by Crippen LogP contribution is -2.40. The number of ether oxygens (including phenoxy) is 2. The van der Waals surface area contributed by atoms with Gasteiger partial charge in [0.15, 0.2) is 0 Å². The maximum atomic E-state index is 10.3. The minimum Gasteiger partial charge on any atom is -0.497 e. The predicted molar refractivity (Wildman–Crippen MR) is 75.1 cm³/mol. The van der Waals surface area contributed by atoms with Gasteiger partial charge in [-0.2, -0.15) is 0 Å². The Labute approximate surface area is 114 Å². The van der Waals surface area contributed by atoms with Crippen LogP contribution in [0.15, 0.2) is 12.1 Å². The van der Waals surface area contributed by atoms with E-state index < -0.39 is 0 Å². The van der Waals surface area contributed by atoms with Crippen LogP contribution in [-0.4, -0.2) is 50.5 Å². The molecule has 1 aromatic carbocycles. The lowest BCUT2D eigenvalue weighted by molar-refractivity contribution is 0.0627. The molecule has 2 rings (SSSR count). The summed E-state index contributed by atoms with van der Waals surface area (Å²) in [4.78, 5) is 2.16. The summed E-state index contributed by atoms with van der Waals surface area (Å²) < 4.78 is 10.8. The zero-order valence-corrected chi connectivity index (χ0v) is 12.1. The van der Waals surface area contributed by atoms with Gasteiger partial charge in [-0.25, -0.2) is 0 Å². The number of piperidine rings is 1. The first-order chi connectivity index (χ1) is 9.06. The van der Waals surface area contributed by atoms with Crippen LogP contribution >= 0.6 is 0 Å². The fourth-order valence-electron chi connectivity index (χ4n) is 2.92. The molecule has 1 saturated heterocycles. The molecule has 2 atom stereocenters. The van der Waals surface area contributed by atoms with Gasteiger partial charge in [-0.1, -0.05) is 0 Å². The lowest BCUT2D eigenvalue weighted by Gasteiger charge is -2.35. The number of hydrogen-bond acceptors (Lipinski definition) is 4. The summed E-state index contributed by atoms with van der Waals surface area (Å²) in [7, 11) is 5.36. The number of likely N-dealkylation sites (tertiary alicyclic amines) is 1. The topological polar surface area (TPSA) is 41.9 Å². The van der Waals surface area contributed by atoms with E-state index in [0.29, 0.717) is 6.54 Å². The Balaban J connectivity index is 2.38. The van der Waals surface area contributed by atoms with Crippen LogP contribution in [0.2, 0.25) is 0 Å². The Hall–Kier alpha value is -1.26. The summed E-state index contributed by atoms with van der Waals surface area (Å²) in [5.41, 5.74) is 2.23. The van der Waals surface area contributed by atoms with Crippen LogP contribution in [0.5, 0.6) is 11.5 Å². The van der Waals surface area contributed by atoms with Crippen molar-refractivity contribution in [1.29, 1.82) is 0 Å². The smallest absolute Gasteiger partial charge is 0.126 e. The average molecular weight is 265 g/mol. The number of likely N-dealkylation sites (N-methyl/N-ethyl adjacent to an activating group) is 1. The van der Waals surface area contributed by atoms with E-state index in [1.165, 1.54) is 0 Å². The molecule has 0 spiro atoms. The van der Waals surface area contributed by atoms with E-state index in [0.717, 1.165) is 35.6 Å². The molecule has 0 saturated carbocycles.